The summed E-state index contributed by atoms with van der Waals surface area (Å²) in [5.74, 6) is 0. The Morgan fingerprint density at radius 2 is 1.61 bits per heavy atom. The first-order chi connectivity index (χ1) is 8.72. The highest BCUT2D eigenvalue weighted by Gasteiger charge is 2.10. The van der Waals surface area contributed by atoms with Gasteiger partial charge < -0.3 is 20.4 Å². The molecule has 1 heterocycles. The average Bonchev–Trinajstić information content (AvgIpc) is 2.41. The summed E-state index contributed by atoms with van der Waals surface area (Å²) in [4.78, 5) is 7.38. The minimum Gasteiger partial charge on any atom is -0.318 e. The normalized spacial score (nSPS) is 17.8. The second-order valence-electron chi connectivity index (χ2n) is 5.30. The molecule has 108 valence electrons. The molecule has 0 aliphatic carbocycles. The van der Waals surface area contributed by atoms with Gasteiger partial charge in [0.1, 0.15) is 0 Å². The Morgan fingerprint density at radius 3 is 2.22 bits per heavy atom. The molecule has 0 bridgehead atoms. The number of nitrogens with zero attached hydrogens (tertiary/aromatic N) is 3. The highest BCUT2D eigenvalue weighted by Crippen LogP contribution is 1.93. The fourth-order valence-corrected chi connectivity index (χ4v) is 2.11. The molecule has 0 spiro atoms. The Morgan fingerprint density at radius 1 is 1.00 bits per heavy atom. The van der Waals surface area contributed by atoms with Crippen LogP contribution in [0.4, 0.5) is 0 Å². The van der Waals surface area contributed by atoms with Crippen molar-refractivity contribution in [3.8, 4) is 0 Å². The summed E-state index contributed by atoms with van der Waals surface area (Å²) in [7, 11) is 6.43. The zero-order valence-corrected chi connectivity index (χ0v) is 12.4. The summed E-state index contributed by atoms with van der Waals surface area (Å²) >= 11 is 0. The summed E-state index contributed by atoms with van der Waals surface area (Å²) in [6.07, 6.45) is 0. The maximum Gasteiger partial charge on any atom is 0.0110 e. The van der Waals surface area contributed by atoms with E-state index in [1.807, 2.05) is 7.05 Å². The van der Waals surface area contributed by atoms with Gasteiger partial charge in [0.05, 0.1) is 0 Å². The molecule has 0 aromatic carbocycles. The molecule has 0 saturated carbocycles. The fraction of sp³-hybridized carbons (Fsp3) is 1.00. The lowest BCUT2D eigenvalue weighted by Crippen LogP contribution is -2.46. The van der Waals surface area contributed by atoms with Gasteiger partial charge in [0, 0.05) is 65.4 Å². The van der Waals surface area contributed by atoms with Crippen molar-refractivity contribution in [1.29, 1.82) is 0 Å². The van der Waals surface area contributed by atoms with E-state index in [9.17, 15) is 0 Å². The summed E-state index contributed by atoms with van der Waals surface area (Å²) in [5.41, 5.74) is 0. The van der Waals surface area contributed by atoms with Gasteiger partial charge >= 0.3 is 0 Å². The van der Waals surface area contributed by atoms with Crippen LogP contribution < -0.4 is 10.6 Å². The van der Waals surface area contributed by atoms with Gasteiger partial charge in [-0.05, 0) is 21.1 Å². The van der Waals surface area contributed by atoms with Crippen molar-refractivity contribution in [2.45, 2.75) is 0 Å². The number of nitrogens with one attached hydrogen (secondary N) is 2. The first-order valence-electron chi connectivity index (χ1n) is 7.17. The van der Waals surface area contributed by atoms with E-state index in [4.69, 9.17) is 0 Å². The third-order valence-corrected chi connectivity index (χ3v) is 3.61. The molecule has 0 aromatic heterocycles. The molecule has 0 aromatic rings. The second kappa shape index (κ2) is 9.69. The SMILES string of the molecule is CNCCN(C)CCN(C)CCN1CCNCC1. The first kappa shape index (κ1) is 15.9. The Labute approximate surface area is 112 Å². The molecule has 0 radical (unpaired) electrons. The molecule has 1 aliphatic rings. The lowest BCUT2D eigenvalue weighted by atomic mass is 10.3. The maximum atomic E-state index is 3.39. The highest BCUT2D eigenvalue weighted by atomic mass is 15.2. The van der Waals surface area contributed by atoms with E-state index in [2.05, 4.69) is 39.4 Å². The molecule has 18 heavy (non-hydrogen) atoms. The van der Waals surface area contributed by atoms with Gasteiger partial charge in [0.15, 0.2) is 0 Å². The van der Waals surface area contributed by atoms with E-state index in [0.29, 0.717) is 0 Å². The van der Waals surface area contributed by atoms with Crippen molar-refractivity contribution in [3.63, 3.8) is 0 Å². The third-order valence-electron chi connectivity index (χ3n) is 3.61. The fourth-order valence-electron chi connectivity index (χ4n) is 2.11. The molecule has 5 nitrogen and oxygen atoms in total. The molecule has 1 rings (SSSR count). The van der Waals surface area contributed by atoms with Gasteiger partial charge in [0.25, 0.3) is 0 Å². The van der Waals surface area contributed by atoms with Crippen molar-refractivity contribution in [1.82, 2.24) is 25.3 Å². The predicted molar refractivity (Wildman–Crippen MR) is 78.2 cm³/mol. The lowest BCUT2D eigenvalue weighted by Gasteiger charge is -2.29. The van der Waals surface area contributed by atoms with Crippen LogP contribution >= 0.6 is 0 Å². The van der Waals surface area contributed by atoms with E-state index in [0.717, 1.165) is 39.3 Å². The molecule has 1 fully saturated rings. The van der Waals surface area contributed by atoms with E-state index < -0.39 is 0 Å². The molecule has 5 heteroatoms. The number of likely N-dealkylation sites (N-methyl/N-ethyl adjacent to an activating group) is 3. The molecule has 1 saturated heterocycles. The van der Waals surface area contributed by atoms with E-state index in [-0.39, 0.29) is 0 Å². The number of piperazine rings is 1. The zero-order valence-electron chi connectivity index (χ0n) is 12.4. The molecular weight excluding hydrogens is 226 g/mol. The van der Waals surface area contributed by atoms with Crippen LogP contribution in [0.2, 0.25) is 0 Å². The van der Waals surface area contributed by atoms with Crippen molar-refractivity contribution < 1.29 is 0 Å². The van der Waals surface area contributed by atoms with Gasteiger partial charge in [0.2, 0.25) is 0 Å². The van der Waals surface area contributed by atoms with Crippen LogP contribution in [-0.4, -0.2) is 101 Å². The molecular formula is C13H31N5. The maximum absolute atomic E-state index is 3.39. The van der Waals surface area contributed by atoms with Gasteiger partial charge in [-0.15, -0.1) is 0 Å². The number of hydrogen-bond donors (Lipinski definition) is 2. The van der Waals surface area contributed by atoms with Crippen LogP contribution in [-0.2, 0) is 0 Å². The Bertz CT molecular complexity index is 194. The summed E-state index contributed by atoms with van der Waals surface area (Å²) in [6.45, 7) is 11.6. The van der Waals surface area contributed by atoms with Crippen LogP contribution in [0.5, 0.6) is 0 Å². The van der Waals surface area contributed by atoms with Crippen LogP contribution in [0.3, 0.4) is 0 Å². The van der Waals surface area contributed by atoms with Crippen molar-refractivity contribution >= 4 is 0 Å². The average molecular weight is 257 g/mol. The van der Waals surface area contributed by atoms with E-state index in [1.54, 1.807) is 0 Å². The monoisotopic (exact) mass is 257 g/mol. The third kappa shape index (κ3) is 7.28. The minimum atomic E-state index is 1.07. The summed E-state index contributed by atoms with van der Waals surface area (Å²) < 4.78 is 0. The first-order valence-corrected chi connectivity index (χ1v) is 7.17. The van der Waals surface area contributed by atoms with Crippen LogP contribution in [0.1, 0.15) is 0 Å². The quantitative estimate of drug-likeness (QED) is 0.552. The van der Waals surface area contributed by atoms with Crippen LogP contribution in [0, 0.1) is 0 Å². The van der Waals surface area contributed by atoms with Gasteiger partial charge in [-0.1, -0.05) is 0 Å². The smallest absolute Gasteiger partial charge is 0.0110 e. The number of hydrogen-bond acceptors (Lipinski definition) is 5. The van der Waals surface area contributed by atoms with Crippen LogP contribution in [0.15, 0.2) is 0 Å². The Hall–Kier alpha value is -0.200. The Balaban J connectivity index is 2.00. The van der Waals surface area contributed by atoms with E-state index >= 15 is 0 Å². The largest absolute Gasteiger partial charge is 0.318 e. The molecule has 1 aliphatic heterocycles. The van der Waals surface area contributed by atoms with E-state index in [1.165, 1.54) is 26.2 Å². The lowest BCUT2D eigenvalue weighted by molar-refractivity contribution is 0.194. The minimum absolute atomic E-state index is 1.07. The topological polar surface area (TPSA) is 33.8 Å². The zero-order chi connectivity index (χ0) is 13.2. The summed E-state index contributed by atoms with van der Waals surface area (Å²) in [6, 6.07) is 0. The second-order valence-corrected chi connectivity index (χ2v) is 5.30. The Kier molecular flexibility index (Phi) is 8.54. The molecule has 0 atom stereocenters. The van der Waals surface area contributed by atoms with Crippen molar-refractivity contribution in [3.05, 3.63) is 0 Å². The van der Waals surface area contributed by atoms with Crippen molar-refractivity contribution in [2.75, 3.05) is 86.6 Å². The van der Waals surface area contributed by atoms with Crippen LogP contribution in [0.25, 0.3) is 0 Å². The summed E-state index contributed by atoms with van der Waals surface area (Å²) in [5, 5.41) is 6.58. The van der Waals surface area contributed by atoms with Gasteiger partial charge in [-0.25, -0.2) is 0 Å². The van der Waals surface area contributed by atoms with Gasteiger partial charge in [-0.3, -0.25) is 4.90 Å². The van der Waals surface area contributed by atoms with Crippen molar-refractivity contribution in [2.24, 2.45) is 0 Å². The standard InChI is InChI=1S/C13H31N5/c1-14-4-7-16(2)10-11-17(3)12-13-18-8-5-15-6-9-18/h14-15H,4-13H2,1-3H3. The van der Waals surface area contributed by atoms with Gasteiger partial charge in [-0.2, -0.15) is 0 Å². The predicted octanol–water partition coefficient (Wildman–Crippen LogP) is -1.03. The number of rotatable bonds is 9. The highest BCUT2D eigenvalue weighted by molar-refractivity contribution is 4.69. The molecule has 2 N–H and O–H groups in total. The molecule has 0 unspecified atom stereocenters. The molecule has 0 amide bonds.